The standard InChI is InChI=1S/C13H17F2NO.C12H12N4O2S.C2H6/c1-17-5-4-16-3-2-10(9-16)11-6-12(14)8-13(15)7-11;13-12(17)14-11-9-6-19(18)7-10(9)15-16(11)8-4-2-1-3-5-8;1-2/h6-8,10H,2-5,9H2,1H3;1-5H,6-7H2,(H3,13,14,17);1-2H3. The van der Waals surface area contributed by atoms with Gasteiger partial charge in [0.05, 0.1) is 29.5 Å². The Bertz CT molecular complexity index is 1220. The van der Waals surface area contributed by atoms with Crippen molar-refractivity contribution in [3.8, 4) is 5.69 Å². The third-order valence-corrected chi connectivity index (χ3v) is 7.36. The highest BCUT2D eigenvalue weighted by atomic mass is 32.2. The van der Waals surface area contributed by atoms with Gasteiger partial charge in [-0.1, -0.05) is 32.0 Å². The Kier molecular flexibility index (Phi) is 10.9. The Hall–Kier alpha value is -3.15. The van der Waals surface area contributed by atoms with E-state index in [1.54, 1.807) is 11.8 Å². The van der Waals surface area contributed by atoms with Crippen LogP contribution in [-0.2, 0) is 27.0 Å². The Morgan fingerprint density at radius 1 is 1.16 bits per heavy atom. The summed E-state index contributed by atoms with van der Waals surface area (Å²) in [4.78, 5) is 13.4. The van der Waals surface area contributed by atoms with Crippen LogP contribution in [-0.4, -0.2) is 58.3 Å². The number of nitrogens with zero attached hydrogens (tertiary/aromatic N) is 3. The van der Waals surface area contributed by atoms with Crippen LogP contribution in [0.2, 0.25) is 0 Å². The molecule has 0 aliphatic carbocycles. The number of benzene rings is 2. The number of ether oxygens (including phenoxy) is 1. The molecule has 3 heterocycles. The molecule has 0 spiro atoms. The molecule has 1 saturated heterocycles. The van der Waals surface area contributed by atoms with Crippen molar-refractivity contribution in [1.82, 2.24) is 14.7 Å². The molecule has 8 nitrogen and oxygen atoms in total. The summed E-state index contributed by atoms with van der Waals surface area (Å²) in [5, 5.41) is 7.00. The van der Waals surface area contributed by atoms with E-state index in [0.29, 0.717) is 23.9 Å². The first-order valence-corrected chi connectivity index (χ1v) is 14.1. The molecular formula is C27H35F2N5O3S. The first-order chi connectivity index (χ1) is 18.3. The molecule has 11 heteroatoms. The summed E-state index contributed by atoms with van der Waals surface area (Å²) in [6.07, 6.45) is 0.951. The van der Waals surface area contributed by atoms with Gasteiger partial charge in [-0.2, -0.15) is 5.10 Å². The second-order valence-electron chi connectivity index (χ2n) is 8.72. The van der Waals surface area contributed by atoms with Crippen LogP contribution in [0.25, 0.3) is 5.69 Å². The molecule has 0 radical (unpaired) electrons. The van der Waals surface area contributed by atoms with Crippen LogP contribution in [0.3, 0.4) is 0 Å². The lowest BCUT2D eigenvalue weighted by molar-refractivity contribution is 0.160. The fourth-order valence-electron chi connectivity index (χ4n) is 4.47. The SMILES string of the molecule is CC.COCCN1CCC(c2cc(F)cc(F)c2)C1.NC(=O)Nc1c2c(nn1-c1ccccc1)CS(=O)C2. The van der Waals surface area contributed by atoms with Crippen molar-refractivity contribution >= 4 is 22.6 Å². The third kappa shape index (κ3) is 7.68. The van der Waals surface area contributed by atoms with Crippen molar-refractivity contribution in [3.05, 3.63) is 77.0 Å². The third-order valence-electron chi connectivity index (χ3n) is 6.15. The highest BCUT2D eigenvalue weighted by molar-refractivity contribution is 7.83. The topological polar surface area (TPSA) is 102 Å². The number of carbonyl (C=O) groups excluding carboxylic acids is 1. The van der Waals surface area contributed by atoms with E-state index in [0.717, 1.165) is 54.6 Å². The van der Waals surface area contributed by atoms with E-state index in [1.807, 2.05) is 44.2 Å². The molecule has 2 aromatic carbocycles. The average Bonchev–Trinajstić information content (AvgIpc) is 3.60. The van der Waals surface area contributed by atoms with Gasteiger partial charge in [0.2, 0.25) is 0 Å². The molecule has 2 unspecified atom stereocenters. The number of primary amides is 1. The molecule has 2 aliphatic rings. The highest BCUT2D eigenvalue weighted by Crippen LogP contribution is 2.31. The fourth-order valence-corrected chi connectivity index (χ4v) is 5.73. The molecule has 2 amide bonds. The van der Waals surface area contributed by atoms with Crippen molar-refractivity contribution in [1.29, 1.82) is 0 Å². The number of fused-ring (bicyclic) bond motifs is 1. The zero-order valence-corrected chi connectivity index (χ0v) is 22.8. The number of nitrogens with two attached hydrogens (primary N) is 1. The predicted molar refractivity (Wildman–Crippen MR) is 146 cm³/mol. The van der Waals surface area contributed by atoms with Crippen LogP contribution in [0, 0.1) is 11.6 Å². The van der Waals surface area contributed by atoms with Gasteiger partial charge in [0.15, 0.2) is 0 Å². The van der Waals surface area contributed by atoms with Crippen molar-refractivity contribution < 1.29 is 22.5 Å². The van der Waals surface area contributed by atoms with Gasteiger partial charge in [-0.15, -0.1) is 0 Å². The minimum atomic E-state index is -0.946. The van der Waals surface area contributed by atoms with Crippen LogP contribution in [0.15, 0.2) is 48.5 Å². The number of methoxy groups -OCH3 is 1. The summed E-state index contributed by atoms with van der Waals surface area (Å²) < 4.78 is 44.4. The maximum atomic E-state index is 13.1. The molecule has 1 fully saturated rings. The number of rotatable bonds is 6. The zero-order chi connectivity index (χ0) is 27.7. The molecule has 0 bridgehead atoms. The van der Waals surface area contributed by atoms with Crippen LogP contribution in [0.5, 0.6) is 0 Å². The van der Waals surface area contributed by atoms with E-state index in [4.69, 9.17) is 10.5 Å². The largest absolute Gasteiger partial charge is 0.383 e. The van der Waals surface area contributed by atoms with Crippen LogP contribution in [0.4, 0.5) is 19.4 Å². The first kappa shape index (κ1) is 29.4. The minimum absolute atomic E-state index is 0.233. The number of para-hydroxylation sites is 1. The monoisotopic (exact) mass is 547 g/mol. The lowest BCUT2D eigenvalue weighted by atomic mass is 9.98. The summed E-state index contributed by atoms with van der Waals surface area (Å²) in [5.74, 6) is 0.586. The maximum absolute atomic E-state index is 13.1. The molecular weight excluding hydrogens is 512 g/mol. The number of likely N-dealkylation sites (tertiary alicyclic amines) is 1. The number of urea groups is 1. The van der Waals surface area contributed by atoms with Gasteiger partial charge in [0.1, 0.15) is 17.5 Å². The molecule has 38 heavy (non-hydrogen) atoms. The summed E-state index contributed by atoms with van der Waals surface area (Å²) >= 11 is 0. The van der Waals surface area contributed by atoms with E-state index >= 15 is 0 Å². The van der Waals surface area contributed by atoms with Gasteiger partial charge in [-0.25, -0.2) is 18.3 Å². The summed E-state index contributed by atoms with van der Waals surface area (Å²) in [6.45, 7) is 7.40. The molecule has 3 aromatic rings. The van der Waals surface area contributed by atoms with Crippen molar-refractivity contribution in [2.24, 2.45) is 5.73 Å². The van der Waals surface area contributed by atoms with E-state index in [2.05, 4.69) is 15.3 Å². The van der Waals surface area contributed by atoms with Gasteiger partial charge in [0, 0.05) is 42.6 Å². The lowest BCUT2D eigenvalue weighted by Gasteiger charge is -2.15. The molecule has 206 valence electrons. The van der Waals surface area contributed by atoms with Gasteiger partial charge < -0.3 is 15.4 Å². The van der Waals surface area contributed by atoms with Crippen molar-refractivity contribution in [2.45, 2.75) is 37.7 Å². The quantitative estimate of drug-likeness (QED) is 0.471. The normalized spacial score (nSPS) is 18.1. The van der Waals surface area contributed by atoms with Gasteiger partial charge in [-0.3, -0.25) is 9.53 Å². The number of aromatic nitrogens is 2. The summed E-state index contributed by atoms with van der Waals surface area (Å²) in [6, 6.07) is 12.6. The predicted octanol–water partition coefficient (Wildman–Crippen LogP) is 4.55. The second-order valence-corrected chi connectivity index (χ2v) is 10.2. The Labute approximate surface area is 224 Å². The summed E-state index contributed by atoms with van der Waals surface area (Å²) in [5.41, 5.74) is 8.35. The molecule has 2 aliphatic heterocycles. The number of anilines is 1. The Morgan fingerprint density at radius 2 is 1.84 bits per heavy atom. The van der Waals surface area contributed by atoms with E-state index < -0.39 is 28.5 Å². The van der Waals surface area contributed by atoms with Crippen LogP contribution < -0.4 is 11.1 Å². The smallest absolute Gasteiger partial charge is 0.317 e. The van der Waals surface area contributed by atoms with Crippen LogP contribution in [0.1, 0.15) is 43.0 Å². The molecule has 3 N–H and O–H groups in total. The maximum Gasteiger partial charge on any atom is 0.317 e. The van der Waals surface area contributed by atoms with Gasteiger partial charge >= 0.3 is 6.03 Å². The number of nitrogens with one attached hydrogen (secondary N) is 1. The number of hydrogen-bond acceptors (Lipinski definition) is 5. The van der Waals surface area contributed by atoms with Crippen LogP contribution >= 0.6 is 0 Å². The molecule has 5 rings (SSSR count). The van der Waals surface area contributed by atoms with E-state index in [9.17, 15) is 17.8 Å². The Morgan fingerprint density at radius 3 is 2.47 bits per heavy atom. The first-order valence-electron chi connectivity index (χ1n) is 12.6. The second kappa shape index (κ2) is 14.1. The summed E-state index contributed by atoms with van der Waals surface area (Å²) in [7, 11) is 0.730. The Balaban J connectivity index is 0.000000199. The fraction of sp³-hybridized carbons (Fsp3) is 0.407. The zero-order valence-electron chi connectivity index (χ0n) is 22.0. The van der Waals surface area contributed by atoms with Crippen molar-refractivity contribution in [2.75, 3.05) is 38.7 Å². The number of hydrogen-bond donors (Lipinski definition) is 2. The van der Waals surface area contributed by atoms with Crippen molar-refractivity contribution in [3.63, 3.8) is 0 Å². The molecule has 2 atom stereocenters. The van der Waals surface area contributed by atoms with Gasteiger partial charge in [-0.05, 0) is 48.7 Å². The number of carbonyl (C=O) groups is 1. The highest BCUT2D eigenvalue weighted by Gasteiger charge is 2.28. The van der Waals surface area contributed by atoms with E-state index in [1.165, 1.54) is 12.1 Å². The van der Waals surface area contributed by atoms with Gasteiger partial charge in [0.25, 0.3) is 0 Å². The average molecular weight is 548 g/mol. The number of halogens is 2. The van der Waals surface area contributed by atoms with E-state index in [-0.39, 0.29) is 5.92 Å². The minimum Gasteiger partial charge on any atom is -0.383 e. The number of amides is 2. The molecule has 0 saturated carbocycles. The lowest BCUT2D eigenvalue weighted by Crippen LogP contribution is -2.24. The molecule has 1 aromatic heterocycles.